The van der Waals surface area contributed by atoms with E-state index in [0.29, 0.717) is 22.8 Å². The minimum atomic E-state index is -1.01. The Morgan fingerprint density at radius 2 is 1.69 bits per heavy atom. The van der Waals surface area contributed by atoms with Crippen LogP contribution < -0.4 is 10.4 Å². The molecule has 2 N–H and O–H groups in total. The van der Waals surface area contributed by atoms with Crippen LogP contribution >= 0.6 is 0 Å². The van der Waals surface area contributed by atoms with Crippen molar-refractivity contribution in [2.24, 2.45) is 0 Å². The molecule has 1 aliphatic heterocycles. The van der Waals surface area contributed by atoms with Crippen LogP contribution in [-0.4, -0.2) is 22.9 Å². The van der Waals surface area contributed by atoms with E-state index < -0.39 is 17.8 Å². The van der Waals surface area contributed by atoms with Crippen molar-refractivity contribution in [1.82, 2.24) is 5.43 Å². The molecule has 1 saturated heterocycles. The van der Waals surface area contributed by atoms with Crippen molar-refractivity contribution < 1.29 is 23.9 Å². The topological polar surface area (TPSA) is 99.8 Å². The molecule has 0 radical (unpaired) electrons. The van der Waals surface area contributed by atoms with Crippen molar-refractivity contribution >= 4 is 29.5 Å². The number of benzene rings is 2. The lowest BCUT2D eigenvalue weighted by atomic mass is 10.1. The third-order valence-electron chi connectivity index (χ3n) is 4.51. The molecule has 0 aliphatic carbocycles. The number of carboxylic acids is 1. The number of amides is 2. The molecule has 1 fully saturated rings. The van der Waals surface area contributed by atoms with Gasteiger partial charge in [-0.3, -0.25) is 15.0 Å². The van der Waals surface area contributed by atoms with Gasteiger partial charge >= 0.3 is 5.97 Å². The molecule has 144 valence electrons. The van der Waals surface area contributed by atoms with E-state index in [0.717, 1.165) is 5.56 Å². The first kappa shape index (κ1) is 18.2. The quantitative estimate of drug-likeness (QED) is 0.527. The fraction of sp³-hybridized carbons (Fsp3) is 0.0455. The molecule has 0 bridgehead atoms. The van der Waals surface area contributed by atoms with Gasteiger partial charge in [-0.15, -0.1) is 0 Å². The summed E-state index contributed by atoms with van der Waals surface area (Å²) in [4.78, 5) is 35.9. The summed E-state index contributed by atoms with van der Waals surface area (Å²) >= 11 is 0. The molecule has 0 unspecified atom stereocenters. The SMILES string of the molecule is Cc1ccc(N2NC(=O)/C(=C/c3ccc(-c4ccc(C(=O)O)cc4)o3)C2=O)cc1. The lowest BCUT2D eigenvalue weighted by molar-refractivity contribution is -0.117. The van der Waals surface area contributed by atoms with Gasteiger partial charge in [0.15, 0.2) is 0 Å². The summed E-state index contributed by atoms with van der Waals surface area (Å²) in [6, 6.07) is 16.8. The maximum atomic E-state index is 12.7. The largest absolute Gasteiger partial charge is 0.478 e. The number of rotatable bonds is 4. The van der Waals surface area contributed by atoms with Gasteiger partial charge in [0.2, 0.25) is 0 Å². The zero-order valence-electron chi connectivity index (χ0n) is 15.4. The molecular weight excluding hydrogens is 372 g/mol. The monoisotopic (exact) mass is 388 g/mol. The van der Waals surface area contributed by atoms with Crippen LogP contribution in [0.4, 0.5) is 5.69 Å². The number of hydrogen-bond acceptors (Lipinski definition) is 4. The van der Waals surface area contributed by atoms with Crippen LogP contribution in [0.1, 0.15) is 21.7 Å². The minimum absolute atomic E-state index is 0.0345. The second-order valence-corrected chi connectivity index (χ2v) is 6.56. The molecule has 2 amide bonds. The van der Waals surface area contributed by atoms with Crippen molar-refractivity contribution in [2.75, 3.05) is 5.01 Å². The van der Waals surface area contributed by atoms with E-state index >= 15 is 0 Å². The standard InChI is InChI=1S/C22H16N2O5/c1-13-2-8-16(9-3-13)24-21(26)18(20(25)23-24)12-17-10-11-19(29-17)14-4-6-15(7-5-14)22(27)28/h2-12H,1H3,(H,23,25)(H,27,28)/b18-12-. The first-order valence-electron chi connectivity index (χ1n) is 8.80. The Hall–Kier alpha value is -4.13. The molecule has 3 aromatic rings. The highest BCUT2D eigenvalue weighted by molar-refractivity contribution is 6.31. The average Bonchev–Trinajstić information content (AvgIpc) is 3.29. The van der Waals surface area contributed by atoms with Gasteiger partial charge in [0.1, 0.15) is 17.1 Å². The van der Waals surface area contributed by atoms with Crippen molar-refractivity contribution in [1.29, 1.82) is 0 Å². The first-order chi connectivity index (χ1) is 13.9. The number of furan rings is 1. The minimum Gasteiger partial charge on any atom is -0.478 e. The summed E-state index contributed by atoms with van der Waals surface area (Å²) in [6.45, 7) is 1.93. The second kappa shape index (κ2) is 7.12. The number of hydrazine groups is 1. The Morgan fingerprint density at radius 3 is 2.34 bits per heavy atom. The Kier molecular flexibility index (Phi) is 4.48. The predicted octanol–water partition coefficient (Wildman–Crippen LogP) is 3.41. The third kappa shape index (κ3) is 3.53. The van der Waals surface area contributed by atoms with Crippen LogP contribution in [0.25, 0.3) is 17.4 Å². The smallest absolute Gasteiger partial charge is 0.335 e. The van der Waals surface area contributed by atoms with E-state index in [-0.39, 0.29) is 11.1 Å². The fourth-order valence-electron chi connectivity index (χ4n) is 2.94. The van der Waals surface area contributed by atoms with E-state index in [2.05, 4.69) is 5.43 Å². The highest BCUT2D eigenvalue weighted by atomic mass is 16.4. The Labute approximate surface area is 165 Å². The molecule has 4 rings (SSSR count). The van der Waals surface area contributed by atoms with E-state index in [1.165, 1.54) is 23.2 Å². The van der Waals surface area contributed by atoms with E-state index in [1.54, 1.807) is 36.4 Å². The Bertz CT molecular complexity index is 1140. The highest BCUT2D eigenvalue weighted by Crippen LogP contribution is 2.26. The normalized spacial score (nSPS) is 15.1. The van der Waals surface area contributed by atoms with Gasteiger partial charge in [0, 0.05) is 5.56 Å². The van der Waals surface area contributed by atoms with Crippen LogP contribution in [-0.2, 0) is 9.59 Å². The number of carbonyl (C=O) groups is 3. The van der Waals surface area contributed by atoms with Gasteiger partial charge < -0.3 is 9.52 Å². The first-order valence-corrected chi connectivity index (χ1v) is 8.80. The van der Waals surface area contributed by atoms with Crippen LogP contribution in [0.2, 0.25) is 0 Å². The van der Waals surface area contributed by atoms with Gasteiger partial charge in [0.05, 0.1) is 11.3 Å². The average molecular weight is 388 g/mol. The number of carboxylic acid groups (broad SMARTS) is 1. The molecule has 2 aromatic carbocycles. The summed E-state index contributed by atoms with van der Waals surface area (Å²) in [7, 11) is 0. The molecule has 0 atom stereocenters. The van der Waals surface area contributed by atoms with Crippen LogP contribution in [0.5, 0.6) is 0 Å². The summed E-state index contributed by atoms with van der Waals surface area (Å²) < 4.78 is 5.71. The molecule has 0 saturated carbocycles. The molecule has 2 heterocycles. The molecule has 1 aromatic heterocycles. The predicted molar refractivity (Wildman–Crippen MR) is 106 cm³/mol. The number of carbonyl (C=O) groups excluding carboxylic acids is 2. The van der Waals surface area contributed by atoms with E-state index in [4.69, 9.17) is 9.52 Å². The molecule has 7 heteroatoms. The number of aromatic carboxylic acids is 1. The molecule has 0 spiro atoms. The van der Waals surface area contributed by atoms with Crippen molar-refractivity contribution in [3.63, 3.8) is 0 Å². The maximum absolute atomic E-state index is 12.7. The van der Waals surface area contributed by atoms with Crippen molar-refractivity contribution in [3.8, 4) is 11.3 Å². The van der Waals surface area contributed by atoms with Gasteiger partial charge in [-0.1, -0.05) is 29.8 Å². The van der Waals surface area contributed by atoms with Crippen LogP contribution in [0, 0.1) is 6.92 Å². The lowest BCUT2D eigenvalue weighted by Gasteiger charge is -2.14. The van der Waals surface area contributed by atoms with E-state index in [1.807, 2.05) is 19.1 Å². The number of nitrogens with one attached hydrogen (secondary N) is 1. The summed E-state index contributed by atoms with van der Waals surface area (Å²) in [5.41, 5.74) is 4.98. The van der Waals surface area contributed by atoms with Crippen molar-refractivity contribution in [2.45, 2.75) is 6.92 Å². The van der Waals surface area contributed by atoms with Gasteiger partial charge in [0.25, 0.3) is 11.8 Å². The van der Waals surface area contributed by atoms with E-state index in [9.17, 15) is 14.4 Å². The van der Waals surface area contributed by atoms with Crippen LogP contribution in [0.3, 0.4) is 0 Å². The number of nitrogens with zero attached hydrogens (tertiary/aromatic N) is 1. The third-order valence-corrected chi connectivity index (χ3v) is 4.51. The zero-order valence-corrected chi connectivity index (χ0v) is 15.4. The molecule has 29 heavy (non-hydrogen) atoms. The lowest BCUT2D eigenvalue weighted by Crippen LogP contribution is -2.35. The Morgan fingerprint density at radius 1 is 1.00 bits per heavy atom. The Balaban J connectivity index is 1.58. The number of anilines is 1. The highest BCUT2D eigenvalue weighted by Gasteiger charge is 2.34. The summed E-state index contributed by atoms with van der Waals surface area (Å²) in [5, 5.41) is 10.2. The van der Waals surface area contributed by atoms with Crippen molar-refractivity contribution in [3.05, 3.63) is 83.1 Å². The summed E-state index contributed by atoms with van der Waals surface area (Å²) in [5.74, 6) is -1.16. The molecular formula is C22H16N2O5. The van der Waals surface area contributed by atoms with Gasteiger partial charge in [-0.25, -0.2) is 9.80 Å². The van der Waals surface area contributed by atoms with Gasteiger partial charge in [-0.05, 0) is 49.4 Å². The second-order valence-electron chi connectivity index (χ2n) is 6.56. The number of hydrogen-bond donors (Lipinski definition) is 2. The molecule has 7 nitrogen and oxygen atoms in total. The van der Waals surface area contributed by atoms with Gasteiger partial charge in [-0.2, -0.15) is 0 Å². The molecule has 1 aliphatic rings. The van der Waals surface area contributed by atoms with Crippen LogP contribution in [0.15, 0.2) is 70.7 Å². The summed E-state index contributed by atoms with van der Waals surface area (Å²) in [6.07, 6.45) is 1.39. The fourth-order valence-corrected chi connectivity index (χ4v) is 2.94. The number of aryl methyl sites for hydroxylation is 1. The maximum Gasteiger partial charge on any atom is 0.335 e. The zero-order chi connectivity index (χ0) is 20.5.